The van der Waals surface area contributed by atoms with Gasteiger partial charge in [-0.25, -0.2) is 0 Å². The Balaban J connectivity index is 3.52. The van der Waals surface area contributed by atoms with E-state index in [4.69, 9.17) is 0 Å². The normalized spacial score (nSPS) is 12.4. The molecular weight excluding hydrogens is 182 g/mol. The fourth-order valence-electron chi connectivity index (χ4n) is 2.28. The molecule has 0 radical (unpaired) electrons. The zero-order chi connectivity index (χ0) is 11.7. The fourth-order valence-corrected chi connectivity index (χ4v) is 2.28. The van der Waals surface area contributed by atoms with Crippen molar-refractivity contribution in [1.29, 1.82) is 0 Å². The van der Waals surface area contributed by atoms with Crippen molar-refractivity contribution in [3.05, 3.63) is 0 Å². The van der Waals surface area contributed by atoms with Crippen LogP contribution in [0, 0.1) is 5.41 Å². The van der Waals surface area contributed by atoms with Crippen molar-refractivity contribution < 1.29 is 0 Å². The third-order valence-corrected chi connectivity index (χ3v) is 3.40. The summed E-state index contributed by atoms with van der Waals surface area (Å²) in [5.74, 6) is 0. The average molecular weight is 213 g/mol. The number of hydrogen-bond donors (Lipinski definition) is 0. The van der Waals surface area contributed by atoms with E-state index in [1.54, 1.807) is 0 Å². The van der Waals surface area contributed by atoms with E-state index in [9.17, 15) is 0 Å². The van der Waals surface area contributed by atoms with Gasteiger partial charge in [-0.3, -0.25) is 0 Å². The van der Waals surface area contributed by atoms with Crippen LogP contribution in [0.2, 0.25) is 0 Å². The third kappa shape index (κ3) is 7.84. The molecule has 0 aromatic carbocycles. The Morgan fingerprint density at radius 2 is 1.47 bits per heavy atom. The molecule has 0 aliphatic rings. The molecule has 15 heavy (non-hydrogen) atoms. The first kappa shape index (κ1) is 15.0. The van der Waals surface area contributed by atoms with Crippen LogP contribution in [0.25, 0.3) is 0 Å². The molecule has 0 N–H and O–H groups in total. The smallest absolute Gasteiger partial charge is 0.00190 e. The van der Waals surface area contributed by atoms with Crippen molar-refractivity contribution in [2.24, 2.45) is 5.41 Å². The van der Waals surface area contributed by atoms with Gasteiger partial charge in [-0.1, -0.05) is 47.5 Å². The molecule has 0 saturated heterocycles. The van der Waals surface area contributed by atoms with E-state index in [2.05, 4.69) is 39.5 Å². The summed E-state index contributed by atoms with van der Waals surface area (Å²) in [4.78, 5) is 2.52. The number of rotatable bonds is 9. The number of unbranched alkanes of at least 4 members (excludes halogenated alkanes) is 1. The molecule has 0 aliphatic carbocycles. The van der Waals surface area contributed by atoms with Crippen LogP contribution < -0.4 is 0 Å². The highest BCUT2D eigenvalue weighted by Gasteiger charge is 2.15. The van der Waals surface area contributed by atoms with Crippen molar-refractivity contribution in [3.63, 3.8) is 0 Å². The molecule has 1 heteroatoms. The Labute approximate surface area is 97.2 Å². The number of hydrogen-bond acceptors (Lipinski definition) is 1. The molecule has 0 aromatic heterocycles. The van der Waals surface area contributed by atoms with Gasteiger partial charge in [0.2, 0.25) is 0 Å². The molecule has 0 atom stereocenters. The van der Waals surface area contributed by atoms with Crippen LogP contribution in [0.5, 0.6) is 0 Å². The van der Waals surface area contributed by atoms with Crippen molar-refractivity contribution >= 4 is 0 Å². The Hall–Kier alpha value is -0.0400. The minimum Gasteiger partial charge on any atom is -0.304 e. The summed E-state index contributed by atoms with van der Waals surface area (Å²) in [6.07, 6.45) is 6.85. The molecule has 0 saturated carbocycles. The van der Waals surface area contributed by atoms with Crippen LogP contribution >= 0.6 is 0 Å². The SMILES string of the molecule is CCCC(C)(C)CCCCN(CC)CC. The molecule has 0 bridgehead atoms. The molecule has 0 unspecified atom stereocenters. The highest BCUT2D eigenvalue weighted by molar-refractivity contribution is 4.68. The standard InChI is InChI=1S/C14H31N/c1-6-11-14(4,5)12-9-10-13-15(7-2)8-3/h6-13H2,1-5H3. The average Bonchev–Trinajstić information content (AvgIpc) is 2.18. The van der Waals surface area contributed by atoms with Crippen LogP contribution in [0.15, 0.2) is 0 Å². The largest absolute Gasteiger partial charge is 0.304 e. The van der Waals surface area contributed by atoms with Gasteiger partial charge in [0, 0.05) is 0 Å². The van der Waals surface area contributed by atoms with Gasteiger partial charge in [0.25, 0.3) is 0 Å². The first-order valence-corrected chi connectivity index (χ1v) is 6.78. The quantitative estimate of drug-likeness (QED) is 0.515. The molecule has 0 heterocycles. The molecule has 0 aromatic rings. The Morgan fingerprint density at radius 3 is 1.93 bits per heavy atom. The van der Waals surface area contributed by atoms with E-state index in [1.165, 1.54) is 51.7 Å². The lowest BCUT2D eigenvalue weighted by molar-refractivity contribution is 0.262. The first-order valence-electron chi connectivity index (χ1n) is 6.78. The molecule has 0 amide bonds. The molecule has 1 nitrogen and oxygen atoms in total. The van der Waals surface area contributed by atoms with Gasteiger partial charge in [-0.15, -0.1) is 0 Å². The summed E-state index contributed by atoms with van der Waals surface area (Å²) in [7, 11) is 0. The van der Waals surface area contributed by atoms with Crippen LogP contribution in [0.4, 0.5) is 0 Å². The molecule has 0 aliphatic heterocycles. The van der Waals surface area contributed by atoms with Gasteiger partial charge in [-0.05, 0) is 44.3 Å². The van der Waals surface area contributed by atoms with Crippen molar-refractivity contribution in [2.45, 2.75) is 66.7 Å². The van der Waals surface area contributed by atoms with E-state index < -0.39 is 0 Å². The summed E-state index contributed by atoms with van der Waals surface area (Å²) in [5, 5.41) is 0. The van der Waals surface area contributed by atoms with Gasteiger partial charge < -0.3 is 4.90 Å². The highest BCUT2D eigenvalue weighted by atomic mass is 15.1. The summed E-state index contributed by atoms with van der Waals surface area (Å²) in [6, 6.07) is 0. The van der Waals surface area contributed by atoms with Crippen molar-refractivity contribution in [1.82, 2.24) is 4.90 Å². The predicted octanol–water partition coefficient (Wildman–Crippen LogP) is 4.32. The second kappa shape index (κ2) is 8.15. The van der Waals surface area contributed by atoms with Gasteiger partial charge in [0.1, 0.15) is 0 Å². The maximum absolute atomic E-state index is 2.52. The zero-order valence-corrected chi connectivity index (χ0v) is 11.6. The van der Waals surface area contributed by atoms with Crippen molar-refractivity contribution in [3.8, 4) is 0 Å². The van der Waals surface area contributed by atoms with Crippen molar-refractivity contribution in [2.75, 3.05) is 19.6 Å². The molecule has 92 valence electrons. The Morgan fingerprint density at radius 1 is 0.867 bits per heavy atom. The summed E-state index contributed by atoms with van der Waals surface area (Å²) in [5.41, 5.74) is 0.567. The molecule has 0 spiro atoms. The summed E-state index contributed by atoms with van der Waals surface area (Å²) in [6.45, 7) is 15.3. The first-order chi connectivity index (χ1) is 7.05. The van der Waals surface area contributed by atoms with Crippen LogP contribution in [0.1, 0.15) is 66.7 Å². The monoisotopic (exact) mass is 213 g/mol. The van der Waals surface area contributed by atoms with E-state index in [1.807, 2.05) is 0 Å². The lowest BCUT2D eigenvalue weighted by Crippen LogP contribution is -2.24. The summed E-state index contributed by atoms with van der Waals surface area (Å²) < 4.78 is 0. The Bertz CT molecular complexity index is 136. The van der Waals surface area contributed by atoms with Crippen LogP contribution in [-0.4, -0.2) is 24.5 Å². The highest BCUT2D eigenvalue weighted by Crippen LogP contribution is 2.28. The maximum Gasteiger partial charge on any atom is -0.00190 e. The summed E-state index contributed by atoms with van der Waals surface area (Å²) >= 11 is 0. The maximum atomic E-state index is 2.52. The zero-order valence-electron chi connectivity index (χ0n) is 11.6. The van der Waals surface area contributed by atoms with Crippen LogP contribution in [-0.2, 0) is 0 Å². The molecule has 0 rings (SSSR count). The molecular formula is C14H31N. The lowest BCUT2D eigenvalue weighted by Gasteiger charge is -2.24. The van der Waals surface area contributed by atoms with E-state index >= 15 is 0 Å². The topological polar surface area (TPSA) is 3.24 Å². The minimum absolute atomic E-state index is 0.567. The predicted molar refractivity (Wildman–Crippen MR) is 70.3 cm³/mol. The van der Waals surface area contributed by atoms with Gasteiger partial charge in [-0.2, -0.15) is 0 Å². The van der Waals surface area contributed by atoms with E-state index in [0.29, 0.717) is 5.41 Å². The number of nitrogens with zero attached hydrogens (tertiary/aromatic N) is 1. The fraction of sp³-hybridized carbons (Fsp3) is 1.00. The van der Waals surface area contributed by atoms with Gasteiger partial charge in [0.05, 0.1) is 0 Å². The van der Waals surface area contributed by atoms with Gasteiger partial charge >= 0.3 is 0 Å². The van der Waals surface area contributed by atoms with Crippen LogP contribution in [0.3, 0.4) is 0 Å². The van der Waals surface area contributed by atoms with Gasteiger partial charge in [0.15, 0.2) is 0 Å². The Kier molecular flexibility index (Phi) is 8.13. The second-order valence-electron chi connectivity index (χ2n) is 5.40. The lowest BCUT2D eigenvalue weighted by atomic mass is 9.83. The second-order valence-corrected chi connectivity index (χ2v) is 5.40. The minimum atomic E-state index is 0.567. The van der Waals surface area contributed by atoms with E-state index in [-0.39, 0.29) is 0 Å². The molecule has 0 fully saturated rings. The third-order valence-electron chi connectivity index (χ3n) is 3.40. The van der Waals surface area contributed by atoms with E-state index in [0.717, 1.165) is 0 Å².